The number of nitrogens with zero attached hydrogens (tertiary/aromatic N) is 3. The number of aromatic nitrogens is 1. The van der Waals surface area contributed by atoms with Gasteiger partial charge in [0.2, 0.25) is 0 Å². The molecule has 2 saturated heterocycles. The number of hydrogen-bond acceptors (Lipinski definition) is 6. The largest absolute Gasteiger partial charge is 0.492 e. The third kappa shape index (κ3) is 5.83. The number of halogens is 4. The summed E-state index contributed by atoms with van der Waals surface area (Å²) in [5, 5.41) is 19.5. The van der Waals surface area contributed by atoms with Crippen LogP contribution in [0.5, 0.6) is 5.75 Å². The summed E-state index contributed by atoms with van der Waals surface area (Å²) in [6.07, 6.45) is -1.24. The zero-order valence-electron chi connectivity index (χ0n) is 23.4. The van der Waals surface area contributed by atoms with E-state index in [-0.39, 0.29) is 49.4 Å². The molecule has 1 saturated carbocycles. The lowest BCUT2D eigenvalue weighted by atomic mass is 9.67. The fraction of sp³-hybridized carbons (Fsp3) is 0.567. The molecule has 228 valence electrons. The number of β-amino-alcohol motifs (C(OH)–C–C–N with tert-alkyl or cyclic N) is 1. The molecular weight excluding hydrogens is 558 g/mol. The van der Waals surface area contributed by atoms with Gasteiger partial charge in [-0.2, -0.15) is 13.2 Å². The number of alkyl halides is 3. The maximum absolute atomic E-state index is 15.1. The van der Waals surface area contributed by atoms with Gasteiger partial charge in [0.15, 0.2) is 0 Å². The van der Waals surface area contributed by atoms with Gasteiger partial charge in [-0.3, -0.25) is 9.78 Å². The van der Waals surface area contributed by atoms with Crippen molar-refractivity contribution in [2.45, 2.75) is 63.3 Å². The standard InChI is InChI=1S/C30H35F4N3O5/c1-28(27(40)41)14-21(38)16-37(28)26(39)20-3-5-23(24(31)13-20)25-6-4-22(15-35-25)42-17-19-7-11-36(12-8-19)18-29(9-2-10-29)30(32,33)34/h3-6,13,15,19,21,38H,2,7-12,14,16-18H2,1H3,(H,40,41)/t21-,28+/m1/s1. The van der Waals surface area contributed by atoms with Crippen molar-refractivity contribution in [3.05, 3.63) is 47.9 Å². The van der Waals surface area contributed by atoms with Crippen LogP contribution in [0.1, 0.15) is 55.8 Å². The van der Waals surface area contributed by atoms with Crippen LogP contribution < -0.4 is 4.74 Å². The second-order valence-corrected chi connectivity index (χ2v) is 12.1. The van der Waals surface area contributed by atoms with Crippen molar-refractivity contribution in [3.8, 4) is 17.0 Å². The number of carboxylic acid groups (broad SMARTS) is 1. The highest BCUT2D eigenvalue weighted by molar-refractivity contribution is 5.98. The average molecular weight is 594 g/mol. The van der Waals surface area contributed by atoms with Crippen LogP contribution in [0.4, 0.5) is 17.6 Å². The third-order valence-electron chi connectivity index (χ3n) is 9.19. The first-order valence-corrected chi connectivity index (χ1v) is 14.2. The number of rotatable bonds is 8. The summed E-state index contributed by atoms with van der Waals surface area (Å²) in [4.78, 5) is 32.0. The van der Waals surface area contributed by atoms with Gasteiger partial charge >= 0.3 is 12.1 Å². The van der Waals surface area contributed by atoms with Crippen molar-refractivity contribution in [1.82, 2.24) is 14.8 Å². The number of carbonyl (C=O) groups is 2. The Kier molecular flexibility index (Phi) is 8.23. The number of piperidine rings is 1. The number of aliphatic hydroxyl groups is 1. The fourth-order valence-electron chi connectivity index (χ4n) is 6.28. The van der Waals surface area contributed by atoms with Gasteiger partial charge in [0, 0.05) is 30.6 Å². The molecule has 0 bridgehead atoms. The minimum Gasteiger partial charge on any atom is -0.492 e. The number of pyridine rings is 1. The molecular formula is C30H35F4N3O5. The van der Waals surface area contributed by atoms with Gasteiger partial charge in [-0.15, -0.1) is 0 Å². The molecule has 1 aromatic carbocycles. The number of aliphatic carboxylic acids is 1. The van der Waals surface area contributed by atoms with E-state index in [0.717, 1.165) is 23.8 Å². The Balaban J connectivity index is 1.14. The second kappa shape index (κ2) is 11.4. The topological polar surface area (TPSA) is 103 Å². The van der Waals surface area contributed by atoms with E-state index in [1.165, 1.54) is 25.3 Å². The van der Waals surface area contributed by atoms with E-state index >= 15 is 4.39 Å². The minimum absolute atomic E-state index is 0.0370. The molecule has 0 spiro atoms. The van der Waals surface area contributed by atoms with E-state index in [1.807, 2.05) is 4.90 Å². The molecule has 3 aliphatic rings. The Morgan fingerprint density at radius 1 is 1.14 bits per heavy atom. The van der Waals surface area contributed by atoms with Crippen LogP contribution in [0.25, 0.3) is 11.3 Å². The minimum atomic E-state index is -4.16. The lowest BCUT2D eigenvalue weighted by Gasteiger charge is -2.47. The van der Waals surface area contributed by atoms with Crippen molar-refractivity contribution < 1.29 is 42.1 Å². The molecule has 12 heteroatoms. The molecule has 1 amide bonds. The van der Waals surface area contributed by atoms with E-state index < -0.39 is 40.9 Å². The molecule has 3 fully saturated rings. The first-order chi connectivity index (χ1) is 19.8. The van der Waals surface area contributed by atoms with Crippen molar-refractivity contribution in [2.24, 2.45) is 11.3 Å². The SMILES string of the molecule is C[C@@]1(C(=O)O)C[C@@H](O)CN1C(=O)c1ccc(-c2ccc(OCC3CCN(CC4(C(F)(F)F)CCC4)CC3)cn2)c(F)c1. The zero-order chi connectivity index (χ0) is 30.3. The number of ether oxygens (including phenoxy) is 1. The van der Waals surface area contributed by atoms with Gasteiger partial charge in [0.05, 0.1) is 30.0 Å². The Labute approximate surface area is 241 Å². The first kappa shape index (κ1) is 30.2. The Morgan fingerprint density at radius 3 is 2.40 bits per heavy atom. The zero-order valence-corrected chi connectivity index (χ0v) is 23.4. The smallest absolute Gasteiger partial charge is 0.395 e. The molecule has 1 aliphatic carbocycles. The molecule has 2 N–H and O–H groups in total. The van der Waals surface area contributed by atoms with Crippen molar-refractivity contribution in [1.29, 1.82) is 0 Å². The number of carbonyl (C=O) groups excluding carboxylic acids is 1. The van der Waals surface area contributed by atoms with Gasteiger partial charge < -0.3 is 24.7 Å². The van der Waals surface area contributed by atoms with Crippen molar-refractivity contribution >= 4 is 11.9 Å². The van der Waals surface area contributed by atoms with Crippen LogP contribution in [-0.4, -0.2) is 87.5 Å². The maximum Gasteiger partial charge on any atom is 0.395 e. The molecule has 5 rings (SSSR count). The maximum atomic E-state index is 15.1. The number of hydrogen-bond donors (Lipinski definition) is 2. The Hall–Kier alpha value is -3.25. The first-order valence-electron chi connectivity index (χ1n) is 14.2. The fourth-order valence-corrected chi connectivity index (χ4v) is 6.28. The number of aliphatic hydroxyl groups excluding tert-OH is 1. The van der Waals surface area contributed by atoms with Gasteiger partial charge in [0.1, 0.15) is 17.1 Å². The summed E-state index contributed by atoms with van der Waals surface area (Å²) in [7, 11) is 0. The van der Waals surface area contributed by atoms with Gasteiger partial charge in [-0.05, 0) is 81.9 Å². The van der Waals surface area contributed by atoms with E-state index in [9.17, 15) is 33.0 Å². The molecule has 2 atom stereocenters. The van der Waals surface area contributed by atoms with Crippen molar-refractivity contribution in [3.63, 3.8) is 0 Å². The van der Waals surface area contributed by atoms with Gasteiger partial charge in [0.25, 0.3) is 5.91 Å². The normalized spacial score (nSPS) is 24.8. The summed E-state index contributed by atoms with van der Waals surface area (Å²) >= 11 is 0. The molecule has 1 aromatic heterocycles. The van der Waals surface area contributed by atoms with Crippen molar-refractivity contribution in [2.75, 3.05) is 32.8 Å². The van der Waals surface area contributed by atoms with Crippen LogP contribution in [0.2, 0.25) is 0 Å². The predicted molar refractivity (Wildman–Crippen MR) is 144 cm³/mol. The van der Waals surface area contributed by atoms with Gasteiger partial charge in [-0.1, -0.05) is 6.42 Å². The van der Waals surface area contributed by atoms with Crippen LogP contribution in [0.15, 0.2) is 36.5 Å². The number of benzene rings is 1. The van der Waals surface area contributed by atoms with E-state index in [2.05, 4.69) is 4.98 Å². The van der Waals surface area contributed by atoms with Gasteiger partial charge in [-0.25, -0.2) is 9.18 Å². The summed E-state index contributed by atoms with van der Waals surface area (Å²) < 4.78 is 61.5. The summed E-state index contributed by atoms with van der Waals surface area (Å²) in [6.45, 7) is 2.89. The molecule has 3 heterocycles. The number of carboxylic acids is 1. The lowest BCUT2D eigenvalue weighted by molar-refractivity contribution is -0.256. The highest BCUT2D eigenvalue weighted by Crippen LogP contribution is 2.53. The van der Waals surface area contributed by atoms with Crippen LogP contribution in [-0.2, 0) is 4.79 Å². The lowest BCUT2D eigenvalue weighted by Crippen LogP contribution is -2.53. The average Bonchev–Trinajstić information content (AvgIpc) is 3.24. The third-order valence-corrected chi connectivity index (χ3v) is 9.19. The monoisotopic (exact) mass is 593 g/mol. The van der Waals surface area contributed by atoms with E-state index in [4.69, 9.17) is 4.74 Å². The quantitative estimate of drug-likeness (QED) is 0.426. The predicted octanol–water partition coefficient (Wildman–Crippen LogP) is 4.76. The van der Waals surface area contributed by atoms with E-state index in [0.29, 0.717) is 37.6 Å². The molecule has 0 unspecified atom stereocenters. The summed E-state index contributed by atoms with van der Waals surface area (Å²) in [5.41, 5.74) is -2.71. The van der Waals surface area contributed by atoms with Crippen LogP contribution >= 0.6 is 0 Å². The number of likely N-dealkylation sites (tertiary alicyclic amines) is 2. The summed E-state index contributed by atoms with van der Waals surface area (Å²) in [6, 6.07) is 7.07. The second-order valence-electron chi connectivity index (χ2n) is 12.1. The Morgan fingerprint density at radius 2 is 1.86 bits per heavy atom. The molecule has 0 radical (unpaired) electrons. The van der Waals surface area contributed by atoms with E-state index in [1.54, 1.807) is 12.1 Å². The number of amides is 1. The molecule has 2 aromatic rings. The molecule has 2 aliphatic heterocycles. The Bertz CT molecular complexity index is 1310. The highest BCUT2D eigenvalue weighted by Gasteiger charge is 2.58. The van der Waals surface area contributed by atoms with Crippen LogP contribution in [0.3, 0.4) is 0 Å². The molecule has 42 heavy (non-hydrogen) atoms. The summed E-state index contributed by atoms with van der Waals surface area (Å²) in [5.74, 6) is -1.94. The highest BCUT2D eigenvalue weighted by atomic mass is 19.4. The van der Waals surface area contributed by atoms with Crippen LogP contribution in [0, 0.1) is 17.2 Å². The molecule has 8 nitrogen and oxygen atoms in total.